The average molecular weight is 278 g/mol. The van der Waals surface area contributed by atoms with Gasteiger partial charge in [0.15, 0.2) is 6.61 Å². The van der Waals surface area contributed by atoms with Crippen LogP contribution in [-0.4, -0.2) is 23.5 Å². The van der Waals surface area contributed by atoms with Crippen molar-refractivity contribution in [3.05, 3.63) is 28.8 Å². The van der Waals surface area contributed by atoms with Crippen molar-refractivity contribution in [2.24, 2.45) is 5.73 Å². The summed E-state index contributed by atoms with van der Waals surface area (Å²) in [5, 5.41) is 2.89. The number of nitrogens with two attached hydrogens (primary N) is 1. The maximum Gasteiger partial charge on any atom is 0.258 e. The highest BCUT2D eigenvalue weighted by Crippen LogP contribution is 2.25. The molecular formula is C14H18N2O2S. The molecule has 0 atom stereocenters. The molecule has 0 saturated heterocycles. The molecule has 0 unspecified atom stereocenters. The second-order valence-corrected chi connectivity index (χ2v) is 5.37. The van der Waals surface area contributed by atoms with Crippen LogP contribution in [0, 0.1) is 13.8 Å². The zero-order valence-electron chi connectivity index (χ0n) is 11.2. The lowest BCUT2D eigenvalue weighted by Crippen LogP contribution is -2.30. The summed E-state index contributed by atoms with van der Waals surface area (Å²) in [7, 11) is 0. The van der Waals surface area contributed by atoms with E-state index >= 15 is 0 Å². The zero-order chi connectivity index (χ0) is 14.0. The SMILES string of the molecule is Cc1cc(C(N)=S)cc(C)c1OCC(=O)NC1CC1. The lowest BCUT2D eigenvalue weighted by atomic mass is 10.1. The van der Waals surface area contributed by atoms with Crippen molar-refractivity contribution in [1.29, 1.82) is 0 Å². The van der Waals surface area contributed by atoms with E-state index in [9.17, 15) is 4.79 Å². The quantitative estimate of drug-likeness (QED) is 0.803. The van der Waals surface area contributed by atoms with E-state index in [-0.39, 0.29) is 12.5 Å². The largest absolute Gasteiger partial charge is 0.483 e. The predicted molar refractivity (Wildman–Crippen MR) is 78.5 cm³/mol. The lowest BCUT2D eigenvalue weighted by Gasteiger charge is -2.13. The van der Waals surface area contributed by atoms with Crippen molar-refractivity contribution in [3.8, 4) is 5.75 Å². The summed E-state index contributed by atoms with van der Waals surface area (Å²) >= 11 is 4.96. The third kappa shape index (κ3) is 3.67. The molecule has 0 heterocycles. The molecule has 1 saturated carbocycles. The van der Waals surface area contributed by atoms with Gasteiger partial charge in [-0.15, -0.1) is 0 Å². The molecule has 5 heteroatoms. The molecule has 19 heavy (non-hydrogen) atoms. The number of aryl methyl sites for hydroxylation is 2. The van der Waals surface area contributed by atoms with Gasteiger partial charge in [-0.2, -0.15) is 0 Å². The molecule has 1 aromatic carbocycles. The Kier molecular flexibility index (Phi) is 4.04. The number of benzene rings is 1. The minimum Gasteiger partial charge on any atom is -0.483 e. The summed E-state index contributed by atoms with van der Waals surface area (Å²) < 4.78 is 5.60. The molecule has 1 aliphatic rings. The fraction of sp³-hybridized carbons (Fsp3) is 0.429. The number of amides is 1. The highest BCUT2D eigenvalue weighted by molar-refractivity contribution is 7.80. The molecule has 1 aliphatic carbocycles. The predicted octanol–water partition coefficient (Wildman–Crippen LogP) is 1.60. The summed E-state index contributed by atoms with van der Waals surface area (Å²) in [6.07, 6.45) is 2.15. The van der Waals surface area contributed by atoms with Crippen LogP contribution in [0.1, 0.15) is 29.5 Å². The van der Waals surface area contributed by atoms with Crippen LogP contribution in [0.25, 0.3) is 0 Å². The lowest BCUT2D eigenvalue weighted by molar-refractivity contribution is -0.123. The minimum absolute atomic E-state index is 0.0462. The highest BCUT2D eigenvalue weighted by Gasteiger charge is 2.23. The van der Waals surface area contributed by atoms with Crippen molar-refractivity contribution in [3.63, 3.8) is 0 Å². The van der Waals surface area contributed by atoms with Crippen LogP contribution >= 0.6 is 12.2 Å². The molecule has 4 nitrogen and oxygen atoms in total. The first-order chi connectivity index (χ1) is 8.97. The Balaban J connectivity index is 2.03. The van der Waals surface area contributed by atoms with Gasteiger partial charge in [0, 0.05) is 11.6 Å². The second-order valence-electron chi connectivity index (χ2n) is 4.93. The van der Waals surface area contributed by atoms with Gasteiger partial charge in [0.1, 0.15) is 10.7 Å². The topological polar surface area (TPSA) is 64.3 Å². The maximum atomic E-state index is 11.6. The molecule has 1 amide bonds. The number of carbonyl (C=O) groups is 1. The Morgan fingerprint density at radius 2 is 2.00 bits per heavy atom. The van der Waals surface area contributed by atoms with E-state index in [1.165, 1.54) is 0 Å². The van der Waals surface area contributed by atoms with Gasteiger partial charge in [-0.3, -0.25) is 4.79 Å². The minimum atomic E-state index is -0.0697. The van der Waals surface area contributed by atoms with Gasteiger partial charge in [0.2, 0.25) is 0 Å². The normalized spacial score (nSPS) is 14.0. The fourth-order valence-electron chi connectivity index (χ4n) is 1.95. The molecule has 0 aromatic heterocycles. The van der Waals surface area contributed by atoms with E-state index in [0.29, 0.717) is 11.0 Å². The Bertz CT molecular complexity index is 501. The number of nitrogens with one attached hydrogen (secondary N) is 1. The van der Waals surface area contributed by atoms with Crippen LogP contribution in [0.2, 0.25) is 0 Å². The number of hydrogen-bond acceptors (Lipinski definition) is 3. The molecule has 0 radical (unpaired) electrons. The summed E-state index contributed by atoms with van der Waals surface area (Å²) in [4.78, 5) is 12.0. The molecule has 0 bridgehead atoms. The van der Waals surface area contributed by atoms with Crippen LogP contribution in [0.15, 0.2) is 12.1 Å². The van der Waals surface area contributed by atoms with Crippen LogP contribution in [-0.2, 0) is 4.79 Å². The number of carbonyl (C=O) groups excluding carboxylic acids is 1. The third-order valence-corrected chi connectivity index (χ3v) is 3.27. The standard InChI is InChI=1S/C14H18N2O2S/c1-8-5-10(14(15)19)6-9(2)13(8)18-7-12(17)16-11-3-4-11/h5-6,11H,3-4,7H2,1-2H3,(H2,15,19)(H,16,17). The Labute approximate surface area is 118 Å². The summed E-state index contributed by atoms with van der Waals surface area (Å²) in [6.45, 7) is 3.89. The van der Waals surface area contributed by atoms with E-state index in [0.717, 1.165) is 35.3 Å². The highest BCUT2D eigenvalue weighted by atomic mass is 32.1. The van der Waals surface area contributed by atoms with Crippen molar-refractivity contribution >= 4 is 23.1 Å². The maximum absolute atomic E-state index is 11.6. The smallest absolute Gasteiger partial charge is 0.258 e. The summed E-state index contributed by atoms with van der Waals surface area (Å²) in [6, 6.07) is 4.11. The third-order valence-electron chi connectivity index (χ3n) is 3.03. The van der Waals surface area contributed by atoms with E-state index in [4.69, 9.17) is 22.7 Å². The number of hydrogen-bond donors (Lipinski definition) is 2. The van der Waals surface area contributed by atoms with Crippen LogP contribution in [0.5, 0.6) is 5.75 Å². The Hall–Kier alpha value is -1.62. The first kappa shape index (κ1) is 13.8. The van der Waals surface area contributed by atoms with Gasteiger partial charge in [-0.1, -0.05) is 12.2 Å². The fourth-order valence-corrected chi connectivity index (χ4v) is 2.07. The van der Waals surface area contributed by atoms with Gasteiger partial charge in [0.05, 0.1) is 0 Å². The van der Waals surface area contributed by atoms with Gasteiger partial charge >= 0.3 is 0 Å². The molecular weight excluding hydrogens is 260 g/mol. The molecule has 1 fully saturated rings. The van der Waals surface area contributed by atoms with Crippen molar-refractivity contribution in [2.45, 2.75) is 32.7 Å². The molecule has 3 N–H and O–H groups in total. The van der Waals surface area contributed by atoms with Crippen molar-refractivity contribution < 1.29 is 9.53 Å². The number of rotatable bonds is 5. The Morgan fingerprint density at radius 1 is 1.42 bits per heavy atom. The van der Waals surface area contributed by atoms with Crippen molar-refractivity contribution in [2.75, 3.05) is 6.61 Å². The van der Waals surface area contributed by atoms with E-state index in [1.807, 2.05) is 26.0 Å². The van der Waals surface area contributed by atoms with Crippen LogP contribution in [0.3, 0.4) is 0 Å². The monoisotopic (exact) mass is 278 g/mol. The van der Waals surface area contributed by atoms with Gasteiger partial charge < -0.3 is 15.8 Å². The first-order valence-electron chi connectivity index (χ1n) is 6.30. The first-order valence-corrected chi connectivity index (χ1v) is 6.71. The van der Waals surface area contributed by atoms with Gasteiger partial charge in [-0.05, 0) is 49.9 Å². The molecule has 0 aliphatic heterocycles. The molecule has 2 rings (SSSR count). The second kappa shape index (κ2) is 5.57. The average Bonchev–Trinajstić information content (AvgIpc) is 3.11. The number of ether oxygens (including phenoxy) is 1. The van der Waals surface area contributed by atoms with Crippen LogP contribution in [0.4, 0.5) is 0 Å². The van der Waals surface area contributed by atoms with E-state index in [1.54, 1.807) is 0 Å². The van der Waals surface area contributed by atoms with Gasteiger partial charge in [0.25, 0.3) is 5.91 Å². The van der Waals surface area contributed by atoms with E-state index in [2.05, 4.69) is 5.32 Å². The van der Waals surface area contributed by atoms with E-state index < -0.39 is 0 Å². The van der Waals surface area contributed by atoms with Crippen molar-refractivity contribution in [1.82, 2.24) is 5.32 Å². The summed E-state index contributed by atoms with van der Waals surface area (Å²) in [5.41, 5.74) is 8.30. The molecule has 1 aromatic rings. The Morgan fingerprint density at radius 3 is 2.47 bits per heavy atom. The van der Waals surface area contributed by atoms with Gasteiger partial charge in [-0.25, -0.2) is 0 Å². The number of thiocarbonyl (C=S) groups is 1. The zero-order valence-corrected chi connectivity index (χ0v) is 12.0. The van der Waals surface area contributed by atoms with Crippen LogP contribution < -0.4 is 15.8 Å². The molecule has 102 valence electrons. The molecule has 0 spiro atoms. The summed E-state index contributed by atoms with van der Waals surface area (Å²) in [5.74, 6) is 0.658.